The number of carboxylic acid groups (broad SMARTS) is 1. The maximum absolute atomic E-state index is 13.4. The molecular weight excluding hydrogens is 578 g/mol. The number of rotatable bonds is 15. The zero-order chi connectivity index (χ0) is 31.7. The van der Waals surface area contributed by atoms with Crippen molar-refractivity contribution in [2.24, 2.45) is 0 Å². The first-order valence-corrected chi connectivity index (χ1v) is 16.8. The second-order valence-electron chi connectivity index (χ2n) is 11.0. The van der Waals surface area contributed by atoms with Crippen molar-refractivity contribution in [3.63, 3.8) is 0 Å². The van der Waals surface area contributed by atoms with Gasteiger partial charge >= 0.3 is 5.97 Å². The quantitative estimate of drug-likeness (QED) is 0.147. The van der Waals surface area contributed by atoms with Crippen LogP contribution in [0.5, 0.6) is 0 Å². The number of amides is 1. The highest BCUT2D eigenvalue weighted by Crippen LogP contribution is 2.32. The van der Waals surface area contributed by atoms with E-state index < -0.39 is 27.8 Å². The van der Waals surface area contributed by atoms with Crippen LogP contribution >= 0.6 is 0 Å². The maximum Gasteiger partial charge on any atom is 0.326 e. The zero-order valence-electron chi connectivity index (χ0n) is 25.3. The molecule has 0 radical (unpaired) electrons. The van der Waals surface area contributed by atoms with Gasteiger partial charge in [-0.2, -0.15) is 0 Å². The minimum Gasteiger partial charge on any atom is -0.480 e. The second kappa shape index (κ2) is 15.0. The van der Waals surface area contributed by atoms with Gasteiger partial charge in [0.2, 0.25) is 0 Å². The first-order valence-electron chi connectivity index (χ1n) is 14.7. The fraction of sp³-hybridized carbons (Fsp3) is 0.314. The molecular formula is C35H39NO7S. The standard InChI is InChI=1S/C35H39NO7S/c1-4-5-15-32(33-19-18-31(43-33)26-12-7-6-8-13-26)42-23-25-16-17-28(29(22-25)27-14-10-9-11-24(27)2)34(37)36-30(35(38)39)20-21-44(3,40)41/h6-14,16-19,22,30,32H,4-5,15,20-21,23H2,1-3H3,(H,36,37)(H,38,39)/t30-,32-/m0/s1. The van der Waals surface area contributed by atoms with Crippen LogP contribution in [0.15, 0.2) is 89.3 Å². The van der Waals surface area contributed by atoms with Crippen molar-refractivity contribution in [3.05, 3.63) is 107 Å². The van der Waals surface area contributed by atoms with E-state index >= 15 is 0 Å². The number of carbonyl (C=O) groups excluding carboxylic acids is 1. The average Bonchev–Trinajstić information content (AvgIpc) is 3.49. The number of ether oxygens (including phenoxy) is 1. The van der Waals surface area contributed by atoms with Gasteiger partial charge in [-0.3, -0.25) is 4.79 Å². The van der Waals surface area contributed by atoms with E-state index in [1.54, 1.807) is 12.1 Å². The predicted molar refractivity (Wildman–Crippen MR) is 171 cm³/mol. The number of hydrogen-bond donors (Lipinski definition) is 2. The van der Waals surface area contributed by atoms with Crippen LogP contribution in [0.25, 0.3) is 22.5 Å². The van der Waals surface area contributed by atoms with E-state index in [0.717, 1.165) is 59.3 Å². The van der Waals surface area contributed by atoms with Gasteiger partial charge in [-0.25, -0.2) is 13.2 Å². The summed E-state index contributed by atoms with van der Waals surface area (Å²) in [5.74, 6) is -0.717. The summed E-state index contributed by atoms with van der Waals surface area (Å²) in [6.45, 7) is 4.33. The molecule has 0 aliphatic heterocycles. The van der Waals surface area contributed by atoms with Crippen molar-refractivity contribution >= 4 is 21.7 Å². The van der Waals surface area contributed by atoms with E-state index in [2.05, 4.69) is 12.2 Å². The zero-order valence-corrected chi connectivity index (χ0v) is 26.1. The number of aliphatic carboxylic acids is 1. The van der Waals surface area contributed by atoms with Crippen LogP contribution < -0.4 is 5.32 Å². The molecule has 2 N–H and O–H groups in total. The van der Waals surface area contributed by atoms with E-state index in [0.29, 0.717) is 5.56 Å². The Bertz CT molecular complexity index is 1680. The summed E-state index contributed by atoms with van der Waals surface area (Å²) in [4.78, 5) is 25.3. The highest BCUT2D eigenvalue weighted by atomic mass is 32.2. The summed E-state index contributed by atoms with van der Waals surface area (Å²) in [7, 11) is -3.40. The topological polar surface area (TPSA) is 123 Å². The Balaban J connectivity index is 1.59. The molecule has 232 valence electrons. The van der Waals surface area contributed by atoms with Gasteiger partial charge in [-0.05, 0) is 66.3 Å². The third kappa shape index (κ3) is 8.90. The maximum atomic E-state index is 13.4. The summed E-state index contributed by atoms with van der Waals surface area (Å²) < 4.78 is 35.9. The number of unbranched alkanes of at least 4 members (excludes halogenated alkanes) is 1. The number of sulfone groups is 1. The summed E-state index contributed by atoms with van der Waals surface area (Å²) in [6, 6.07) is 25.4. The monoisotopic (exact) mass is 617 g/mol. The Morgan fingerprint density at radius 1 is 0.932 bits per heavy atom. The van der Waals surface area contributed by atoms with Gasteiger partial charge in [-0.15, -0.1) is 0 Å². The van der Waals surface area contributed by atoms with Crippen LogP contribution in [-0.4, -0.2) is 43.5 Å². The Hall–Kier alpha value is -4.21. The van der Waals surface area contributed by atoms with Gasteiger partial charge in [-0.1, -0.05) is 80.4 Å². The Labute approximate surface area is 259 Å². The molecule has 0 aliphatic carbocycles. The van der Waals surface area contributed by atoms with Gasteiger partial charge in [0.05, 0.1) is 12.4 Å². The molecule has 2 atom stereocenters. The number of carboxylic acids is 1. The molecule has 3 aromatic carbocycles. The first-order chi connectivity index (χ1) is 21.1. The fourth-order valence-electron chi connectivity index (χ4n) is 4.98. The van der Waals surface area contributed by atoms with Crippen LogP contribution in [0.1, 0.15) is 66.0 Å². The van der Waals surface area contributed by atoms with Crippen molar-refractivity contribution < 1.29 is 32.3 Å². The number of benzene rings is 3. The minimum atomic E-state index is -3.40. The highest BCUT2D eigenvalue weighted by molar-refractivity contribution is 7.90. The molecule has 0 bridgehead atoms. The first kappa shape index (κ1) is 32.7. The molecule has 1 amide bonds. The van der Waals surface area contributed by atoms with Crippen molar-refractivity contribution in [3.8, 4) is 22.5 Å². The van der Waals surface area contributed by atoms with Crippen LogP contribution in [-0.2, 0) is 26.0 Å². The van der Waals surface area contributed by atoms with Gasteiger partial charge in [0.25, 0.3) is 5.91 Å². The van der Waals surface area contributed by atoms with Crippen LogP contribution in [0.4, 0.5) is 0 Å². The predicted octanol–water partition coefficient (Wildman–Crippen LogP) is 6.99. The van der Waals surface area contributed by atoms with E-state index in [-0.39, 0.29) is 30.4 Å². The molecule has 4 aromatic rings. The van der Waals surface area contributed by atoms with Crippen LogP contribution in [0, 0.1) is 6.92 Å². The molecule has 44 heavy (non-hydrogen) atoms. The van der Waals surface area contributed by atoms with Gasteiger partial charge in [0.15, 0.2) is 0 Å². The molecule has 0 saturated carbocycles. The van der Waals surface area contributed by atoms with E-state index in [1.165, 1.54) is 0 Å². The van der Waals surface area contributed by atoms with E-state index in [9.17, 15) is 23.1 Å². The number of nitrogens with one attached hydrogen (secondary N) is 1. The third-order valence-electron chi connectivity index (χ3n) is 7.42. The van der Waals surface area contributed by atoms with Gasteiger partial charge in [0.1, 0.15) is 33.5 Å². The van der Waals surface area contributed by atoms with Crippen LogP contribution in [0.3, 0.4) is 0 Å². The lowest BCUT2D eigenvalue weighted by Gasteiger charge is -2.19. The Morgan fingerprint density at radius 3 is 2.34 bits per heavy atom. The number of aryl methyl sites for hydroxylation is 1. The molecule has 0 fully saturated rings. The largest absolute Gasteiger partial charge is 0.480 e. The Morgan fingerprint density at radius 2 is 1.66 bits per heavy atom. The minimum absolute atomic E-state index is 0.233. The lowest BCUT2D eigenvalue weighted by Crippen LogP contribution is -2.42. The number of furan rings is 1. The van der Waals surface area contributed by atoms with E-state index in [4.69, 9.17) is 9.15 Å². The molecule has 0 spiro atoms. The molecule has 9 heteroatoms. The lowest BCUT2D eigenvalue weighted by molar-refractivity contribution is -0.139. The molecule has 1 heterocycles. The third-order valence-corrected chi connectivity index (χ3v) is 8.40. The summed E-state index contributed by atoms with van der Waals surface area (Å²) in [5.41, 5.74) is 4.51. The molecule has 0 aliphatic rings. The smallest absolute Gasteiger partial charge is 0.326 e. The molecule has 0 saturated heterocycles. The molecule has 1 aromatic heterocycles. The normalized spacial score (nSPS) is 12.9. The van der Waals surface area contributed by atoms with Gasteiger partial charge in [0, 0.05) is 17.4 Å². The Kier molecular flexibility index (Phi) is 11.1. The van der Waals surface area contributed by atoms with Gasteiger partial charge < -0.3 is 19.6 Å². The molecule has 0 unspecified atom stereocenters. The van der Waals surface area contributed by atoms with Crippen molar-refractivity contribution in [2.75, 3.05) is 12.0 Å². The average molecular weight is 618 g/mol. The number of hydrogen-bond acceptors (Lipinski definition) is 6. The summed E-state index contributed by atoms with van der Waals surface area (Å²) in [5, 5.41) is 12.2. The fourth-order valence-corrected chi connectivity index (χ4v) is 5.64. The second-order valence-corrected chi connectivity index (χ2v) is 13.2. The summed E-state index contributed by atoms with van der Waals surface area (Å²) >= 11 is 0. The van der Waals surface area contributed by atoms with Crippen molar-refractivity contribution in [2.45, 2.75) is 58.3 Å². The SMILES string of the molecule is CCCC[C@H](OCc1ccc(C(=O)N[C@@H](CCS(C)(=O)=O)C(=O)O)c(-c2ccccc2C)c1)c1ccc(-c2ccccc2)o1. The van der Waals surface area contributed by atoms with Crippen molar-refractivity contribution in [1.29, 1.82) is 0 Å². The summed E-state index contributed by atoms with van der Waals surface area (Å²) in [6.07, 6.45) is 3.30. The molecule has 8 nitrogen and oxygen atoms in total. The van der Waals surface area contributed by atoms with Crippen molar-refractivity contribution in [1.82, 2.24) is 5.32 Å². The molecule has 4 rings (SSSR count). The number of carbonyl (C=O) groups is 2. The highest BCUT2D eigenvalue weighted by Gasteiger charge is 2.25. The van der Waals surface area contributed by atoms with Crippen LogP contribution in [0.2, 0.25) is 0 Å². The lowest BCUT2D eigenvalue weighted by atomic mass is 9.93. The van der Waals surface area contributed by atoms with E-state index in [1.807, 2.05) is 79.7 Å².